The highest BCUT2D eigenvalue weighted by molar-refractivity contribution is 6.30. The van der Waals surface area contributed by atoms with Gasteiger partial charge in [0, 0.05) is 27.3 Å². The first kappa shape index (κ1) is 16.6. The van der Waals surface area contributed by atoms with Gasteiger partial charge >= 0.3 is 0 Å². The molecule has 3 rings (SSSR count). The predicted octanol–water partition coefficient (Wildman–Crippen LogP) is 4.97. The van der Waals surface area contributed by atoms with E-state index < -0.39 is 0 Å². The molecule has 3 aromatic carbocycles. The number of rotatable bonds is 1. The third-order valence-electron chi connectivity index (χ3n) is 3.45. The fourth-order valence-electron chi connectivity index (χ4n) is 2.18. The third kappa shape index (κ3) is 4.61. The average molecular weight is 341 g/mol. The summed E-state index contributed by atoms with van der Waals surface area (Å²) in [4.78, 5) is 12.4. The van der Waals surface area contributed by atoms with Crippen LogP contribution in [0.4, 0.5) is 0 Å². The molecule has 0 spiro atoms. The van der Waals surface area contributed by atoms with Gasteiger partial charge in [-0.1, -0.05) is 59.7 Å². The Morgan fingerprint density at radius 1 is 0.680 bits per heavy atom. The molecule has 0 unspecified atom stereocenters. The van der Waals surface area contributed by atoms with Crippen LogP contribution in [-0.2, 0) is 0 Å². The molecule has 0 heterocycles. The molecular weight excluding hydrogens is 328 g/mol. The van der Waals surface area contributed by atoms with Gasteiger partial charge in [-0.15, -0.1) is 0 Å². The van der Waals surface area contributed by atoms with E-state index in [0.717, 1.165) is 11.1 Å². The number of benzene rings is 3. The van der Waals surface area contributed by atoms with E-state index in [1.54, 1.807) is 18.2 Å². The van der Waals surface area contributed by atoms with Crippen LogP contribution >= 0.6 is 11.6 Å². The number of ketones is 1. The smallest absolute Gasteiger partial charge is 0.237 e. The van der Waals surface area contributed by atoms with Crippen molar-refractivity contribution in [2.75, 3.05) is 0 Å². The summed E-state index contributed by atoms with van der Waals surface area (Å²) in [7, 11) is 0. The minimum absolute atomic E-state index is 0.246. The molecular formula is C23H13ClO. The Hall–Kier alpha value is -3.26. The first-order valence-corrected chi connectivity index (χ1v) is 8.08. The van der Waals surface area contributed by atoms with Crippen molar-refractivity contribution >= 4 is 17.4 Å². The number of halogens is 1. The van der Waals surface area contributed by atoms with E-state index in [1.807, 2.05) is 60.7 Å². The highest BCUT2D eigenvalue weighted by Gasteiger charge is 2.06. The van der Waals surface area contributed by atoms with Crippen LogP contribution in [0.1, 0.15) is 27.0 Å². The molecule has 0 aliphatic heterocycles. The summed E-state index contributed by atoms with van der Waals surface area (Å²) in [6.07, 6.45) is 0. The normalized spacial score (nSPS) is 9.32. The van der Waals surface area contributed by atoms with E-state index in [0.29, 0.717) is 16.1 Å². The van der Waals surface area contributed by atoms with Gasteiger partial charge in [0.25, 0.3) is 0 Å². The summed E-state index contributed by atoms with van der Waals surface area (Å²) in [5.41, 5.74) is 2.81. The zero-order valence-corrected chi connectivity index (χ0v) is 14.0. The van der Waals surface area contributed by atoms with E-state index in [-0.39, 0.29) is 5.78 Å². The maximum Gasteiger partial charge on any atom is 0.237 e. The molecule has 0 amide bonds. The van der Waals surface area contributed by atoms with Gasteiger partial charge in [-0.2, -0.15) is 0 Å². The van der Waals surface area contributed by atoms with Crippen molar-refractivity contribution in [1.82, 2.24) is 0 Å². The molecule has 118 valence electrons. The number of carbonyl (C=O) groups excluding carboxylic acids is 1. The van der Waals surface area contributed by atoms with Crippen molar-refractivity contribution < 1.29 is 4.79 Å². The number of Topliss-reactive ketones (excluding diaryl/α,β-unsaturated/α-hetero) is 1. The number of carbonyl (C=O) groups is 1. The Bertz CT molecular complexity index is 1010. The van der Waals surface area contributed by atoms with E-state index in [4.69, 9.17) is 11.6 Å². The molecule has 0 radical (unpaired) electrons. The summed E-state index contributed by atoms with van der Waals surface area (Å²) in [6, 6.07) is 23.9. The molecule has 2 heteroatoms. The lowest BCUT2D eigenvalue weighted by molar-refractivity contribution is 0.105. The minimum Gasteiger partial charge on any atom is -0.279 e. The van der Waals surface area contributed by atoms with Crippen LogP contribution < -0.4 is 0 Å². The van der Waals surface area contributed by atoms with Crippen LogP contribution in [0.2, 0.25) is 5.02 Å². The van der Waals surface area contributed by atoms with E-state index >= 15 is 0 Å². The SMILES string of the molecule is O=C(C#Cc1ccccc1)c1ccccc1C#Cc1ccc(Cl)cc1. The summed E-state index contributed by atoms with van der Waals surface area (Å²) in [6.45, 7) is 0. The van der Waals surface area contributed by atoms with Gasteiger partial charge in [0.15, 0.2) is 0 Å². The maximum atomic E-state index is 12.4. The molecule has 0 aliphatic carbocycles. The highest BCUT2D eigenvalue weighted by atomic mass is 35.5. The van der Waals surface area contributed by atoms with Crippen molar-refractivity contribution in [3.63, 3.8) is 0 Å². The Labute approximate surface area is 152 Å². The molecule has 0 N–H and O–H groups in total. The Balaban J connectivity index is 1.88. The second-order valence-corrected chi connectivity index (χ2v) is 5.68. The molecule has 0 saturated carbocycles. The first-order valence-electron chi connectivity index (χ1n) is 7.70. The van der Waals surface area contributed by atoms with Crippen LogP contribution in [0.25, 0.3) is 0 Å². The van der Waals surface area contributed by atoms with Gasteiger partial charge in [0.1, 0.15) is 0 Å². The molecule has 0 aromatic heterocycles. The van der Waals surface area contributed by atoms with Crippen LogP contribution in [0, 0.1) is 23.7 Å². The Morgan fingerprint density at radius 2 is 1.32 bits per heavy atom. The van der Waals surface area contributed by atoms with Crippen LogP contribution in [0.5, 0.6) is 0 Å². The van der Waals surface area contributed by atoms with Gasteiger partial charge in [-0.25, -0.2) is 0 Å². The summed E-state index contributed by atoms with van der Waals surface area (Å²) in [5, 5.41) is 0.664. The molecule has 0 fully saturated rings. The van der Waals surface area contributed by atoms with Gasteiger partial charge < -0.3 is 0 Å². The Kier molecular flexibility index (Phi) is 5.32. The largest absolute Gasteiger partial charge is 0.279 e. The molecule has 0 bridgehead atoms. The predicted molar refractivity (Wildman–Crippen MR) is 102 cm³/mol. The molecule has 0 saturated heterocycles. The second kappa shape index (κ2) is 8.02. The monoisotopic (exact) mass is 340 g/mol. The molecule has 0 aliphatic rings. The van der Waals surface area contributed by atoms with Crippen molar-refractivity contribution in [3.8, 4) is 23.7 Å². The molecule has 0 atom stereocenters. The fourth-order valence-corrected chi connectivity index (χ4v) is 2.31. The average Bonchev–Trinajstić information content (AvgIpc) is 2.67. The number of hydrogen-bond donors (Lipinski definition) is 0. The second-order valence-electron chi connectivity index (χ2n) is 5.25. The van der Waals surface area contributed by atoms with E-state index in [9.17, 15) is 4.79 Å². The van der Waals surface area contributed by atoms with Crippen LogP contribution in [0.3, 0.4) is 0 Å². The molecule has 3 aromatic rings. The highest BCUT2D eigenvalue weighted by Crippen LogP contribution is 2.11. The zero-order valence-electron chi connectivity index (χ0n) is 13.3. The van der Waals surface area contributed by atoms with Crippen molar-refractivity contribution in [1.29, 1.82) is 0 Å². The lowest BCUT2D eigenvalue weighted by Gasteiger charge is -1.98. The van der Waals surface area contributed by atoms with Crippen molar-refractivity contribution in [2.24, 2.45) is 0 Å². The quantitative estimate of drug-likeness (QED) is 0.451. The van der Waals surface area contributed by atoms with Crippen LogP contribution in [-0.4, -0.2) is 5.78 Å². The summed E-state index contributed by atoms with van der Waals surface area (Å²) >= 11 is 5.87. The lowest BCUT2D eigenvalue weighted by atomic mass is 10.0. The van der Waals surface area contributed by atoms with Crippen molar-refractivity contribution in [2.45, 2.75) is 0 Å². The van der Waals surface area contributed by atoms with Crippen molar-refractivity contribution in [3.05, 3.63) is 106 Å². The molecule has 1 nitrogen and oxygen atoms in total. The standard InChI is InChI=1S/C23H13ClO/c24-21-15-11-19(12-16-21)10-14-20-8-4-5-9-22(20)23(25)17-13-18-6-2-1-3-7-18/h1-9,11-12,15-16H. The van der Waals surface area contributed by atoms with Gasteiger partial charge in [0.2, 0.25) is 5.78 Å². The zero-order chi connectivity index (χ0) is 17.5. The summed E-state index contributed by atoms with van der Waals surface area (Å²) < 4.78 is 0. The third-order valence-corrected chi connectivity index (χ3v) is 3.70. The van der Waals surface area contributed by atoms with Gasteiger partial charge in [0.05, 0.1) is 0 Å². The first-order chi connectivity index (χ1) is 12.2. The van der Waals surface area contributed by atoms with Gasteiger partial charge in [-0.3, -0.25) is 4.79 Å². The Morgan fingerprint density at radius 3 is 2.08 bits per heavy atom. The van der Waals surface area contributed by atoms with Crippen LogP contribution in [0.15, 0.2) is 78.9 Å². The van der Waals surface area contributed by atoms with E-state index in [1.165, 1.54) is 0 Å². The summed E-state index contributed by atoms with van der Waals surface area (Å²) in [5.74, 6) is 11.4. The minimum atomic E-state index is -0.246. The fraction of sp³-hybridized carbons (Fsp3) is 0. The van der Waals surface area contributed by atoms with Gasteiger partial charge in [-0.05, 0) is 54.5 Å². The molecule has 25 heavy (non-hydrogen) atoms. The lowest BCUT2D eigenvalue weighted by Crippen LogP contribution is -1.98. The number of hydrogen-bond acceptors (Lipinski definition) is 1. The van der Waals surface area contributed by atoms with E-state index in [2.05, 4.69) is 23.7 Å². The maximum absolute atomic E-state index is 12.4. The topological polar surface area (TPSA) is 17.1 Å².